The first-order valence-corrected chi connectivity index (χ1v) is 6.93. The molecule has 0 spiro atoms. The summed E-state index contributed by atoms with van der Waals surface area (Å²) in [6, 6.07) is 2.24. The zero-order valence-corrected chi connectivity index (χ0v) is 12.2. The highest BCUT2D eigenvalue weighted by Crippen LogP contribution is 2.30. The third-order valence-corrected chi connectivity index (χ3v) is 3.79. The van der Waals surface area contributed by atoms with Crippen molar-refractivity contribution in [2.24, 2.45) is 0 Å². The summed E-state index contributed by atoms with van der Waals surface area (Å²) < 4.78 is 13.5. The van der Waals surface area contributed by atoms with Gasteiger partial charge in [-0.15, -0.1) is 11.3 Å². The van der Waals surface area contributed by atoms with E-state index in [2.05, 4.69) is 26.2 Å². The summed E-state index contributed by atoms with van der Waals surface area (Å²) >= 11 is 4.42. The number of benzene rings is 1. The van der Waals surface area contributed by atoms with Crippen LogP contribution in [0.15, 0.2) is 22.0 Å². The lowest BCUT2D eigenvalue weighted by atomic mass is 10.2. The van der Waals surface area contributed by atoms with Gasteiger partial charge in [0.05, 0.1) is 26.6 Å². The molecule has 0 aliphatic heterocycles. The number of halogens is 2. The third kappa shape index (κ3) is 3.27. The predicted molar refractivity (Wildman–Crippen MR) is 74.9 cm³/mol. The zero-order chi connectivity index (χ0) is 14.0. The Bertz CT molecular complexity index is 632. The summed E-state index contributed by atoms with van der Waals surface area (Å²) in [6.07, 6.45) is 0. The summed E-state index contributed by atoms with van der Waals surface area (Å²) in [7, 11) is 0. The van der Waals surface area contributed by atoms with Crippen molar-refractivity contribution < 1.29 is 9.31 Å². The fraction of sp³-hybridized carbons (Fsp3) is 0.182. The molecule has 0 atom stereocenters. The normalized spacial score (nSPS) is 10.5. The van der Waals surface area contributed by atoms with E-state index in [4.69, 9.17) is 0 Å². The van der Waals surface area contributed by atoms with E-state index in [1.54, 1.807) is 0 Å². The van der Waals surface area contributed by atoms with Gasteiger partial charge in [-0.05, 0) is 22.9 Å². The average molecular weight is 346 g/mol. The maximum Gasteiger partial charge on any atom is 0.293 e. The first-order valence-electron chi connectivity index (χ1n) is 5.25. The van der Waals surface area contributed by atoms with Crippen LogP contribution in [0.4, 0.5) is 15.8 Å². The number of aryl methyl sites for hydroxylation is 1. The molecule has 0 saturated heterocycles. The van der Waals surface area contributed by atoms with E-state index in [-0.39, 0.29) is 15.8 Å². The highest BCUT2D eigenvalue weighted by molar-refractivity contribution is 9.10. The molecule has 0 aliphatic carbocycles. The van der Waals surface area contributed by atoms with Crippen LogP contribution in [0.1, 0.15) is 10.7 Å². The molecule has 0 amide bonds. The van der Waals surface area contributed by atoms with Gasteiger partial charge in [-0.2, -0.15) is 0 Å². The molecule has 0 unspecified atom stereocenters. The number of nitrogens with zero attached hydrogens (tertiary/aromatic N) is 2. The highest BCUT2D eigenvalue weighted by Gasteiger charge is 2.17. The van der Waals surface area contributed by atoms with Crippen LogP contribution in [0.2, 0.25) is 0 Å². The maximum atomic E-state index is 13.4. The maximum absolute atomic E-state index is 13.4. The average Bonchev–Trinajstić information content (AvgIpc) is 2.76. The summed E-state index contributed by atoms with van der Waals surface area (Å²) in [4.78, 5) is 14.6. The van der Waals surface area contributed by atoms with E-state index in [1.165, 1.54) is 11.3 Å². The van der Waals surface area contributed by atoms with Crippen molar-refractivity contribution in [3.05, 3.63) is 48.6 Å². The van der Waals surface area contributed by atoms with Crippen LogP contribution in [-0.4, -0.2) is 9.91 Å². The molecule has 0 radical (unpaired) electrons. The van der Waals surface area contributed by atoms with E-state index in [0.29, 0.717) is 6.54 Å². The van der Waals surface area contributed by atoms with Crippen LogP contribution in [0, 0.1) is 22.9 Å². The van der Waals surface area contributed by atoms with Gasteiger partial charge in [-0.25, -0.2) is 9.37 Å². The molecule has 0 bridgehead atoms. The quantitative estimate of drug-likeness (QED) is 0.674. The van der Waals surface area contributed by atoms with Crippen LogP contribution >= 0.6 is 27.3 Å². The van der Waals surface area contributed by atoms with E-state index >= 15 is 0 Å². The molecule has 8 heteroatoms. The molecule has 1 N–H and O–H groups in total. The summed E-state index contributed by atoms with van der Waals surface area (Å²) in [5.41, 5.74) is 0.719. The van der Waals surface area contributed by atoms with E-state index < -0.39 is 10.7 Å². The second-order valence-corrected chi connectivity index (χ2v) is 5.67. The number of thiazole rings is 1. The second-order valence-electron chi connectivity index (χ2n) is 3.75. The van der Waals surface area contributed by atoms with Gasteiger partial charge >= 0.3 is 0 Å². The number of aromatic nitrogens is 1. The molecular formula is C11H9BrFN3O2S. The lowest BCUT2D eigenvalue weighted by Crippen LogP contribution is -2.04. The minimum atomic E-state index is -0.557. The minimum absolute atomic E-state index is 0.0641. The van der Waals surface area contributed by atoms with Gasteiger partial charge in [0.25, 0.3) is 5.69 Å². The molecule has 0 saturated carbocycles. The molecule has 1 heterocycles. The molecular weight excluding hydrogens is 337 g/mol. The van der Waals surface area contributed by atoms with Crippen molar-refractivity contribution in [2.45, 2.75) is 13.5 Å². The molecule has 5 nitrogen and oxygen atoms in total. The number of rotatable bonds is 4. The Morgan fingerprint density at radius 2 is 2.32 bits per heavy atom. The van der Waals surface area contributed by atoms with E-state index in [1.807, 2.05) is 12.3 Å². The summed E-state index contributed by atoms with van der Waals surface area (Å²) in [5.74, 6) is -0.553. The van der Waals surface area contributed by atoms with Crippen molar-refractivity contribution in [3.8, 4) is 0 Å². The Morgan fingerprint density at radius 3 is 2.89 bits per heavy atom. The zero-order valence-electron chi connectivity index (χ0n) is 9.81. The van der Waals surface area contributed by atoms with Crippen molar-refractivity contribution in [1.29, 1.82) is 0 Å². The van der Waals surface area contributed by atoms with E-state index in [0.717, 1.165) is 22.8 Å². The number of nitro groups is 1. The number of nitro benzene ring substituents is 1. The van der Waals surface area contributed by atoms with Crippen LogP contribution in [0.5, 0.6) is 0 Å². The number of hydrogen-bond donors (Lipinski definition) is 1. The summed E-state index contributed by atoms with van der Waals surface area (Å²) in [5, 5.41) is 16.5. The van der Waals surface area contributed by atoms with E-state index in [9.17, 15) is 14.5 Å². The fourth-order valence-electron chi connectivity index (χ4n) is 1.50. The molecule has 1 aromatic heterocycles. The molecule has 1 aromatic carbocycles. The first-order chi connectivity index (χ1) is 8.97. The van der Waals surface area contributed by atoms with Crippen LogP contribution in [-0.2, 0) is 6.54 Å². The third-order valence-electron chi connectivity index (χ3n) is 2.36. The monoisotopic (exact) mass is 345 g/mol. The number of nitrogens with one attached hydrogen (secondary N) is 1. The fourth-order valence-corrected chi connectivity index (χ4v) is 2.45. The molecule has 100 valence electrons. The SMILES string of the molecule is Cc1nc(CNc2cc(F)c(Br)cc2[N+](=O)[O-])cs1. The Hall–Kier alpha value is -1.54. The van der Waals surface area contributed by atoms with Gasteiger partial charge in [-0.1, -0.05) is 0 Å². The van der Waals surface area contributed by atoms with Gasteiger partial charge in [0, 0.05) is 17.5 Å². The lowest BCUT2D eigenvalue weighted by Gasteiger charge is -2.06. The molecule has 0 fully saturated rings. The Morgan fingerprint density at radius 1 is 1.58 bits per heavy atom. The van der Waals surface area contributed by atoms with Crippen LogP contribution in [0.3, 0.4) is 0 Å². The predicted octanol–water partition coefficient (Wildman–Crippen LogP) is 3.87. The number of anilines is 1. The Labute approximate surface area is 120 Å². The number of hydrogen-bond acceptors (Lipinski definition) is 5. The second kappa shape index (κ2) is 5.62. The highest BCUT2D eigenvalue weighted by atomic mass is 79.9. The van der Waals surface area contributed by atoms with Gasteiger partial charge in [0.15, 0.2) is 0 Å². The largest absolute Gasteiger partial charge is 0.374 e. The van der Waals surface area contributed by atoms with Crippen molar-refractivity contribution in [3.63, 3.8) is 0 Å². The lowest BCUT2D eigenvalue weighted by molar-refractivity contribution is -0.384. The molecule has 2 aromatic rings. The van der Waals surface area contributed by atoms with Crippen molar-refractivity contribution in [2.75, 3.05) is 5.32 Å². The smallest absolute Gasteiger partial charge is 0.293 e. The van der Waals surface area contributed by atoms with Crippen molar-refractivity contribution >= 4 is 38.6 Å². The van der Waals surface area contributed by atoms with Gasteiger partial charge < -0.3 is 5.32 Å². The Balaban J connectivity index is 2.23. The molecule has 2 rings (SSSR count). The Kier molecular flexibility index (Phi) is 4.11. The van der Waals surface area contributed by atoms with Gasteiger partial charge in [0.2, 0.25) is 0 Å². The minimum Gasteiger partial charge on any atom is -0.374 e. The molecule has 0 aliphatic rings. The molecule has 19 heavy (non-hydrogen) atoms. The first kappa shape index (κ1) is 13.9. The van der Waals surface area contributed by atoms with Crippen LogP contribution in [0.25, 0.3) is 0 Å². The van der Waals surface area contributed by atoms with Gasteiger partial charge in [0.1, 0.15) is 11.5 Å². The van der Waals surface area contributed by atoms with Crippen molar-refractivity contribution in [1.82, 2.24) is 4.98 Å². The van der Waals surface area contributed by atoms with Crippen LogP contribution < -0.4 is 5.32 Å². The standard InChI is InChI=1S/C11H9BrFN3O2S/c1-6-15-7(5-19-6)4-14-10-3-9(13)8(12)2-11(10)16(17)18/h2-3,5,14H,4H2,1H3. The summed E-state index contributed by atoms with van der Waals surface area (Å²) in [6.45, 7) is 2.18. The van der Waals surface area contributed by atoms with Gasteiger partial charge in [-0.3, -0.25) is 10.1 Å². The topological polar surface area (TPSA) is 68.1 Å².